The molecule has 1 N–H and O–H groups in total. The van der Waals surface area contributed by atoms with Gasteiger partial charge >= 0.3 is 0 Å². The van der Waals surface area contributed by atoms with Crippen molar-refractivity contribution in [2.45, 2.75) is 39.2 Å². The van der Waals surface area contributed by atoms with Crippen molar-refractivity contribution in [3.63, 3.8) is 0 Å². The molecule has 0 amide bonds. The van der Waals surface area contributed by atoms with Crippen LogP contribution in [0.1, 0.15) is 39.2 Å². The van der Waals surface area contributed by atoms with Crippen LogP contribution in [0.4, 0.5) is 0 Å². The van der Waals surface area contributed by atoms with Crippen LogP contribution in [0.15, 0.2) is 42.0 Å². The maximum absolute atomic E-state index is 10.6. The molecular weight excluding hydrogens is 184 g/mol. The lowest BCUT2D eigenvalue weighted by molar-refractivity contribution is 0.0779. The number of hydrogen-bond donors (Lipinski definition) is 1. The average Bonchev–Trinajstić information content (AvgIpc) is 2.18. The van der Waals surface area contributed by atoms with Gasteiger partial charge in [0.15, 0.2) is 0 Å². The molecule has 1 unspecified atom stereocenters. The van der Waals surface area contributed by atoms with Gasteiger partial charge in [-0.1, -0.05) is 55.3 Å². The zero-order valence-corrected chi connectivity index (χ0v) is 9.83. The fourth-order valence-corrected chi connectivity index (χ4v) is 1.89. The lowest BCUT2D eigenvalue weighted by Gasteiger charge is -2.25. The Morgan fingerprint density at radius 3 is 2.33 bits per heavy atom. The average molecular weight is 204 g/mol. The minimum absolute atomic E-state index is 0.766. The van der Waals surface area contributed by atoms with Crippen molar-refractivity contribution in [3.8, 4) is 0 Å². The monoisotopic (exact) mass is 204 g/mol. The molecule has 0 heterocycles. The molecule has 0 aliphatic heterocycles. The fourth-order valence-electron chi connectivity index (χ4n) is 1.89. The summed E-state index contributed by atoms with van der Waals surface area (Å²) in [5.41, 5.74) is 1.33. The molecule has 0 radical (unpaired) electrons. The smallest absolute Gasteiger partial charge is 0.108 e. The molecule has 0 saturated carbocycles. The van der Waals surface area contributed by atoms with Crippen molar-refractivity contribution in [2.24, 2.45) is 0 Å². The largest absolute Gasteiger partial charge is 0.381 e. The maximum atomic E-state index is 10.6. The molecule has 1 heteroatoms. The summed E-state index contributed by atoms with van der Waals surface area (Å²) in [6.45, 7) is 6.12. The van der Waals surface area contributed by atoms with Crippen molar-refractivity contribution in [3.05, 3.63) is 47.5 Å². The quantitative estimate of drug-likeness (QED) is 0.742. The summed E-state index contributed by atoms with van der Waals surface area (Å²) in [4.78, 5) is 0. The summed E-state index contributed by atoms with van der Waals surface area (Å²) >= 11 is 0. The first-order valence-corrected chi connectivity index (χ1v) is 5.52. The van der Waals surface area contributed by atoms with Crippen molar-refractivity contribution in [1.29, 1.82) is 0 Å². The molecule has 0 aliphatic rings. The van der Waals surface area contributed by atoms with E-state index in [1.54, 1.807) is 0 Å². The highest BCUT2D eigenvalue weighted by Gasteiger charge is 2.24. The molecule has 0 saturated heterocycles. The van der Waals surface area contributed by atoms with Crippen molar-refractivity contribution in [1.82, 2.24) is 0 Å². The van der Waals surface area contributed by atoms with Crippen LogP contribution in [-0.4, -0.2) is 5.11 Å². The second-order valence-electron chi connectivity index (χ2n) is 4.26. The van der Waals surface area contributed by atoms with Gasteiger partial charge in [0, 0.05) is 0 Å². The molecule has 0 fully saturated rings. The van der Waals surface area contributed by atoms with Crippen molar-refractivity contribution < 1.29 is 5.11 Å². The summed E-state index contributed by atoms with van der Waals surface area (Å²) in [5.74, 6) is 0. The molecule has 0 aromatic heterocycles. The topological polar surface area (TPSA) is 20.2 Å². The first-order chi connectivity index (χ1) is 7.08. The van der Waals surface area contributed by atoms with Crippen LogP contribution in [0.3, 0.4) is 0 Å². The Morgan fingerprint density at radius 2 is 1.87 bits per heavy atom. The molecule has 1 nitrogen and oxygen atoms in total. The van der Waals surface area contributed by atoms with Gasteiger partial charge in [-0.25, -0.2) is 0 Å². The molecule has 1 aromatic rings. The normalized spacial score (nSPS) is 14.4. The molecular formula is C14H20O. The molecule has 1 atom stereocenters. The van der Waals surface area contributed by atoms with Gasteiger partial charge in [-0.15, -0.1) is 0 Å². The fraction of sp³-hybridized carbons (Fsp3) is 0.429. The van der Waals surface area contributed by atoms with Crippen LogP contribution < -0.4 is 0 Å². The van der Waals surface area contributed by atoms with Crippen LogP contribution >= 0.6 is 0 Å². The highest BCUT2D eigenvalue weighted by Crippen LogP contribution is 2.29. The Kier molecular flexibility index (Phi) is 4.10. The highest BCUT2D eigenvalue weighted by atomic mass is 16.3. The second kappa shape index (κ2) is 5.13. The van der Waals surface area contributed by atoms with Crippen LogP contribution in [0, 0.1) is 0 Å². The molecule has 15 heavy (non-hydrogen) atoms. The van der Waals surface area contributed by atoms with Gasteiger partial charge in [-0.3, -0.25) is 0 Å². The zero-order chi connectivity index (χ0) is 11.3. The van der Waals surface area contributed by atoms with Crippen LogP contribution in [0.5, 0.6) is 0 Å². The third kappa shape index (κ3) is 3.21. The SMILES string of the molecule is CCCC(O)(C=C(C)C)c1ccccc1. The van der Waals surface area contributed by atoms with Gasteiger partial charge in [-0.05, 0) is 25.8 Å². The van der Waals surface area contributed by atoms with Crippen LogP contribution in [0.25, 0.3) is 0 Å². The van der Waals surface area contributed by atoms with Crippen LogP contribution in [0.2, 0.25) is 0 Å². The lowest BCUT2D eigenvalue weighted by Crippen LogP contribution is -2.22. The van der Waals surface area contributed by atoms with Gasteiger partial charge in [0.2, 0.25) is 0 Å². The first-order valence-electron chi connectivity index (χ1n) is 5.52. The van der Waals surface area contributed by atoms with Gasteiger partial charge in [0.25, 0.3) is 0 Å². The molecule has 0 aliphatic carbocycles. The zero-order valence-electron chi connectivity index (χ0n) is 9.83. The number of benzene rings is 1. The Hall–Kier alpha value is -1.08. The third-order valence-corrected chi connectivity index (χ3v) is 2.43. The van der Waals surface area contributed by atoms with E-state index < -0.39 is 5.60 Å². The summed E-state index contributed by atoms with van der Waals surface area (Å²) in [5, 5.41) is 10.6. The predicted octanol–water partition coefficient (Wildman–Crippen LogP) is 3.64. The minimum atomic E-state index is -0.797. The van der Waals surface area contributed by atoms with E-state index in [0.717, 1.165) is 24.0 Å². The number of rotatable bonds is 4. The molecule has 82 valence electrons. The van der Waals surface area contributed by atoms with E-state index >= 15 is 0 Å². The molecule has 0 bridgehead atoms. The van der Waals surface area contributed by atoms with Crippen LogP contribution in [-0.2, 0) is 5.60 Å². The van der Waals surface area contributed by atoms with Gasteiger partial charge in [-0.2, -0.15) is 0 Å². The second-order valence-corrected chi connectivity index (χ2v) is 4.26. The van der Waals surface area contributed by atoms with Gasteiger partial charge in [0.05, 0.1) is 0 Å². The van der Waals surface area contributed by atoms with Gasteiger partial charge in [0.1, 0.15) is 5.60 Å². The molecule has 0 spiro atoms. The van der Waals surface area contributed by atoms with Gasteiger partial charge < -0.3 is 5.11 Å². The summed E-state index contributed by atoms with van der Waals surface area (Å²) in [7, 11) is 0. The first kappa shape index (κ1) is 12.0. The lowest BCUT2D eigenvalue weighted by atomic mass is 9.88. The summed E-state index contributed by atoms with van der Waals surface area (Å²) in [6, 6.07) is 9.87. The summed E-state index contributed by atoms with van der Waals surface area (Å²) in [6.07, 6.45) is 3.68. The van der Waals surface area contributed by atoms with E-state index in [-0.39, 0.29) is 0 Å². The number of hydrogen-bond acceptors (Lipinski definition) is 1. The number of allylic oxidation sites excluding steroid dienone is 1. The van der Waals surface area contributed by atoms with E-state index in [9.17, 15) is 5.11 Å². The molecule has 1 aromatic carbocycles. The Morgan fingerprint density at radius 1 is 1.27 bits per heavy atom. The maximum Gasteiger partial charge on any atom is 0.108 e. The summed E-state index contributed by atoms with van der Waals surface area (Å²) < 4.78 is 0. The molecule has 1 rings (SSSR count). The van der Waals surface area contributed by atoms with Crippen molar-refractivity contribution >= 4 is 0 Å². The van der Waals surface area contributed by atoms with E-state index in [4.69, 9.17) is 0 Å². The van der Waals surface area contributed by atoms with E-state index in [2.05, 4.69) is 6.92 Å². The van der Waals surface area contributed by atoms with Crippen molar-refractivity contribution in [2.75, 3.05) is 0 Å². The number of aliphatic hydroxyl groups is 1. The van der Waals surface area contributed by atoms with E-state index in [1.807, 2.05) is 50.3 Å². The Labute approximate surface area is 92.5 Å². The van der Waals surface area contributed by atoms with E-state index in [0.29, 0.717) is 0 Å². The van der Waals surface area contributed by atoms with E-state index in [1.165, 1.54) is 0 Å². The Bertz CT molecular complexity index is 322. The third-order valence-electron chi connectivity index (χ3n) is 2.43. The predicted molar refractivity (Wildman–Crippen MR) is 64.7 cm³/mol. The minimum Gasteiger partial charge on any atom is -0.381 e. The highest BCUT2D eigenvalue weighted by molar-refractivity contribution is 5.28. The standard InChI is InChI=1S/C14H20O/c1-4-10-14(15,11-12(2)3)13-8-6-5-7-9-13/h5-9,11,15H,4,10H2,1-3H3. The Balaban J connectivity index is 3.07.